The minimum absolute atomic E-state index is 0.300. The Kier molecular flexibility index (Phi) is 3.49. The van der Waals surface area contributed by atoms with Crippen LogP contribution in [0.4, 0.5) is 11.4 Å². The number of benzene rings is 1. The lowest BCUT2D eigenvalue weighted by atomic mass is 9.82. The van der Waals surface area contributed by atoms with Gasteiger partial charge < -0.3 is 15.8 Å². The molecule has 0 unspecified atom stereocenters. The van der Waals surface area contributed by atoms with Gasteiger partial charge in [0.15, 0.2) is 0 Å². The maximum absolute atomic E-state index is 5.98. The zero-order valence-corrected chi connectivity index (χ0v) is 11.9. The summed E-state index contributed by atoms with van der Waals surface area (Å²) in [4.78, 5) is 4.37. The number of nitrogen functional groups attached to an aromatic ring is 1. The largest absolute Gasteiger partial charge is 0.397 e. The van der Waals surface area contributed by atoms with Gasteiger partial charge in [0.25, 0.3) is 0 Å². The lowest BCUT2D eigenvalue weighted by molar-refractivity contribution is 0.0300. The van der Waals surface area contributed by atoms with Crippen LogP contribution >= 0.6 is 0 Å². The van der Waals surface area contributed by atoms with Crippen LogP contribution in [0, 0.1) is 5.41 Å². The lowest BCUT2D eigenvalue weighted by Gasteiger charge is -2.34. The molecule has 1 aromatic carbocycles. The maximum atomic E-state index is 5.98. The van der Waals surface area contributed by atoms with Crippen molar-refractivity contribution in [2.24, 2.45) is 5.41 Å². The number of fused-ring (bicyclic) bond motifs is 1. The lowest BCUT2D eigenvalue weighted by Crippen LogP contribution is -2.33. The normalized spacial score (nSPS) is 18.1. The van der Waals surface area contributed by atoms with E-state index in [0.717, 1.165) is 54.9 Å². The minimum atomic E-state index is 0.300. The Balaban J connectivity index is 1.82. The van der Waals surface area contributed by atoms with Gasteiger partial charge in [-0.15, -0.1) is 0 Å². The third-order valence-electron chi connectivity index (χ3n) is 4.21. The molecular formula is C16H21N3O. The number of nitrogens with one attached hydrogen (secondary N) is 1. The van der Waals surface area contributed by atoms with Gasteiger partial charge >= 0.3 is 0 Å². The number of nitrogens with two attached hydrogens (primary N) is 1. The molecule has 1 aliphatic heterocycles. The van der Waals surface area contributed by atoms with E-state index in [1.807, 2.05) is 18.2 Å². The molecule has 1 aliphatic rings. The molecular weight excluding hydrogens is 250 g/mol. The SMILES string of the molecule is CC1(CNc2ccc(N)c3ncccc23)CCOCC1. The maximum Gasteiger partial charge on any atom is 0.0951 e. The quantitative estimate of drug-likeness (QED) is 0.842. The molecule has 0 spiro atoms. The van der Waals surface area contributed by atoms with E-state index in [2.05, 4.69) is 23.3 Å². The van der Waals surface area contributed by atoms with Gasteiger partial charge in [0.1, 0.15) is 0 Å². The van der Waals surface area contributed by atoms with Gasteiger partial charge in [0.2, 0.25) is 0 Å². The highest BCUT2D eigenvalue weighted by Crippen LogP contribution is 2.32. The predicted molar refractivity (Wildman–Crippen MR) is 82.8 cm³/mol. The summed E-state index contributed by atoms with van der Waals surface area (Å²) in [6.07, 6.45) is 3.98. The second kappa shape index (κ2) is 5.29. The minimum Gasteiger partial charge on any atom is -0.397 e. The smallest absolute Gasteiger partial charge is 0.0951 e. The van der Waals surface area contributed by atoms with Crippen molar-refractivity contribution in [3.05, 3.63) is 30.5 Å². The first kappa shape index (κ1) is 13.2. The van der Waals surface area contributed by atoms with Gasteiger partial charge in [-0.05, 0) is 42.5 Å². The second-order valence-corrected chi connectivity index (χ2v) is 5.88. The summed E-state index contributed by atoms with van der Waals surface area (Å²) in [6.45, 7) is 5.00. The zero-order valence-electron chi connectivity index (χ0n) is 11.9. The van der Waals surface area contributed by atoms with E-state index < -0.39 is 0 Å². The molecule has 3 N–H and O–H groups in total. The number of nitrogens with zero attached hydrogens (tertiary/aromatic N) is 1. The molecule has 0 atom stereocenters. The summed E-state index contributed by atoms with van der Waals surface area (Å²) in [5, 5.41) is 4.66. The van der Waals surface area contributed by atoms with E-state index in [0.29, 0.717) is 5.41 Å². The molecule has 0 radical (unpaired) electrons. The molecule has 2 heterocycles. The molecule has 106 valence electrons. The average molecular weight is 271 g/mol. The van der Waals surface area contributed by atoms with E-state index in [1.165, 1.54) is 0 Å². The summed E-state index contributed by atoms with van der Waals surface area (Å²) in [7, 11) is 0. The fourth-order valence-corrected chi connectivity index (χ4v) is 2.70. The van der Waals surface area contributed by atoms with Crippen molar-refractivity contribution >= 4 is 22.3 Å². The number of ether oxygens (including phenoxy) is 1. The first-order valence-corrected chi connectivity index (χ1v) is 7.13. The summed E-state index contributed by atoms with van der Waals surface area (Å²) in [5.41, 5.74) is 8.98. The Morgan fingerprint density at radius 3 is 2.90 bits per heavy atom. The summed E-state index contributed by atoms with van der Waals surface area (Å²) in [5.74, 6) is 0. The number of pyridine rings is 1. The standard InChI is InChI=1S/C16H21N3O/c1-16(6-9-20-10-7-16)11-19-14-5-4-13(17)15-12(14)3-2-8-18-15/h2-5,8,19H,6-7,9-11,17H2,1H3. The molecule has 1 aromatic heterocycles. The highest BCUT2D eigenvalue weighted by molar-refractivity contribution is 5.98. The van der Waals surface area contributed by atoms with E-state index in [4.69, 9.17) is 10.5 Å². The van der Waals surface area contributed by atoms with Crippen molar-refractivity contribution in [1.82, 2.24) is 4.98 Å². The molecule has 1 fully saturated rings. The number of anilines is 2. The summed E-state index contributed by atoms with van der Waals surface area (Å²) < 4.78 is 5.45. The number of aromatic nitrogens is 1. The molecule has 20 heavy (non-hydrogen) atoms. The van der Waals surface area contributed by atoms with Crippen LogP contribution in [0.3, 0.4) is 0 Å². The zero-order chi connectivity index (χ0) is 14.0. The van der Waals surface area contributed by atoms with Gasteiger partial charge in [-0.25, -0.2) is 0 Å². The first-order valence-electron chi connectivity index (χ1n) is 7.13. The van der Waals surface area contributed by atoms with Crippen LogP contribution < -0.4 is 11.1 Å². The fourth-order valence-electron chi connectivity index (χ4n) is 2.70. The Bertz CT molecular complexity index is 606. The Labute approximate surface area is 119 Å². The third kappa shape index (κ3) is 2.56. The first-order chi connectivity index (χ1) is 9.68. The molecule has 0 saturated carbocycles. The monoisotopic (exact) mass is 271 g/mol. The summed E-state index contributed by atoms with van der Waals surface area (Å²) in [6, 6.07) is 7.97. The van der Waals surface area contributed by atoms with Gasteiger partial charge in [0, 0.05) is 37.0 Å². The van der Waals surface area contributed by atoms with E-state index in [-0.39, 0.29) is 0 Å². The summed E-state index contributed by atoms with van der Waals surface area (Å²) >= 11 is 0. The van der Waals surface area contributed by atoms with Gasteiger partial charge in [-0.2, -0.15) is 0 Å². The second-order valence-electron chi connectivity index (χ2n) is 5.88. The highest BCUT2D eigenvalue weighted by atomic mass is 16.5. The van der Waals surface area contributed by atoms with Crippen molar-refractivity contribution < 1.29 is 4.74 Å². The molecule has 4 nitrogen and oxygen atoms in total. The van der Waals surface area contributed by atoms with Crippen LogP contribution in [-0.2, 0) is 4.74 Å². The average Bonchev–Trinajstić information content (AvgIpc) is 2.48. The van der Waals surface area contributed by atoms with Crippen LogP contribution in [0.2, 0.25) is 0 Å². The van der Waals surface area contributed by atoms with Crippen LogP contribution in [0.5, 0.6) is 0 Å². The van der Waals surface area contributed by atoms with Gasteiger partial charge in [-0.1, -0.05) is 6.92 Å². The molecule has 2 aromatic rings. The van der Waals surface area contributed by atoms with E-state index in [9.17, 15) is 0 Å². The topological polar surface area (TPSA) is 60.2 Å². The molecule has 1 saturated heterocycles. The van der Waals surface area contributed by atoms with Crippen molar-refractivity contribution in [3.63, 3.8) is 0 Å². The third-order valence-corrected chi connectivity index (χ3v) is 4.21. The van der Waals surface area contributed by atoms with Crippen LogP contribution in [-0.4, -0.2) is 24.7 Å². The number of rotatable bonds is 3. The number of hydrogen-bond donors (Lipinski definition) is 2. The molecule has 3 rings (SSSR count). The van der Waals surface area contributed by atoms with Gasteiger partial charge in [-0.3, -0.25) is 4.98 Å². The van der Waals surface area contributed by atoms with E-state index in [1.54, 1.807) is 6.20 Å². The highest BCUT2D eigenvalue weighted by Gasteiger charge is 2.27. The predicted octanol–water partition coefficient (Wildman–Crippen LogP) is 3.05. The molecule has 4 heteroatoms. The molecule has 0 bridgehead atoms. The number of hydrogen-bond acceptors (Lipinski definition) is 4. The Hall–Kier alpha value is -1.81. The van der Waals surface area contributed by atoms with E-state index >= 15 is 0 Å². The van der Waals surface area contributed by atoms with Crippen molar-refractivity contribution in [2.45, 2.75) is 19.8 Å². The van der Waals surface area contributed by atoms with Crippen LogP contribution in [0.25, 0.3) is 10.9 Å². The van der Waals surface area contributed by atoms with Crippen LogP contribution in [0.1, 0.15) is 19.8 Å². The van der Waals surface area contributed by atoms with Gasteiger partial charge in [0.05, 0.1) is 11.2 Å². The van der Waals surface area contributed by atoms with Crippen LogP contribution in [0.15, 0.2) is 30.5 Å². The van der Waals surface area contributed by atoms with Crippen molar-refractivity contribution in [1.29, 1.82) is 0 Å². The van der Waals surface area contributed by atoms with Crippen molar-refractivity contribution in [2.75, 3.05) is 30.8 Å². The van der Waals surface area contributed by atoms with Crippen molar-refractivity contribution in [3.8, 4) is 0 Å². The molecule has 0 aliphatic carbocycles. The fraction of sp³-hybridized carbons (Fsp3) is 0.438. The Morgan fingerprint density at radius 2 is 2.10 bits per heavy atom. The molecule has 0 amide bonds. The Morgan fingerprint density at radius 1 is 1.30 bits per heavy atom.